The molecular formula is C37H23NO. The van der Waals surface area contributed by atoms with Crippen LogP contribution in [0.1, 0.15) is 22.3 Å². The zero-order valence-corrected chi connectivity index (χ0v) is 21.1. The van der Waals surface area contributed by atoms with E-state index in [0.717, 1.165) is 33.3 Å². The minimum atomic E-state index is -0.332. The first-order valence-electron chi connectivity index (χ1n) is 13.4. The molecule has 1 aromatic heterocycles. The molecule has 1 heterocycles. The normalized spacial score (nSPS) is 13.8. The van der Waals surface area contributed by atoms with Crippen LogP contribution >= 0.6 is 0 Å². The summed E-state index contributed by atoms with van der Waals surface area (Å²) in [4.78, 5) is 0. The van der Waals surface area contributed by atoms with Gasteiger partial charge in [-0.2, -0.15) is 0 Å². The molecule has 0 unspecified atom stereocenters. The number of rotatable bonds is 2. The second kappa shape index (κ2) is 7.49. The fourth-order valence-corrected chi connectivity index (χ4v) is 7.14. The van der Waals surface area contributed by atoms with E-state index in [9.17, 15) is 0 Å². The Kier molecular flexibility index (Phi) is 4.02. The van der Waals surface area contributed by atoms with Crippen molar-refractivity contribution in [1.29, 1.82) is 0 Å². The van der Waals surface area contributed by atoms with Gasteiger partial charge in [-0.05, 0) is 80.9 Å². The summed E-state index contributed by atoms with van der Waals surface area (Å²) < 4.78 is 6.06. The van der Waals surface area contributed by atoms with E-state index in [0.29, 0.717) is 0 Å². The number of nitrogens with one attached hydrogen (secondary N) is 1. The summed E-state index contributed by atoms with van der Waals surface area (Å²) in [5.41, 5.74) is 14.3. The van der Waals surface area contributed by atoms with Crippen LogP contribution in [-0.2, 0) is 5.41 Å². The first-order chi connectivity index (χ1) is 19.3. The van der Waals surface area contributed by atoms with Crippen LogP contribution in [0.2, 0.25) is 0 Å². The molecule has 0 bridgehead atoms. The summed E-state index contributed by atoms with van der Waals surface area (Å²) in [6.45, 7) is 0. The van der Waals surface area contributed by atoms with Gasteiger partial charge in [-0.3, -0.25) is 0 Å². The SMILES string of the molecule is c1ccc2c(c1)-c1ccccc1C21c2ccccc2-c2ccc(Nc3ccc4oc5ccccc5c4c3)cc21. The fraction of sp³-hybridized carbons (Fsp3) is 0.0270. The van der Waals surface area contributed by atoms with Crippen molar-refractivity contribution in [2.75, 3.05) is 5.32 Å². The van der Waals surface area contributed by atoms with E-state index in [1.165, 1.54) is 44.5 Å². The number of anilines is 2. The summed E-state index contributed by atoms with van der Waals surface area (Å²) in [7, 11) is 0. The third-order valence-corrected chi connectivity index (χ3v) is 8.66. The number of furan rings is 1. The summed E-state index contributed by atoms with van der Waals surface area (Å²) in [5, 5.41) is 5.98. The molecule has 6 aromatic carbocycles. The van der Waals surface area contributed by atoms with Crippen molar-refractivity contribution in [2.45, 2.75) is 5.41 Å². The smallest absolute Gasteiger partial charge is 0.135 e. The highest BCUT2D eigenvalue weighted by Crippen LogP contribution is 2.62. The van der Waals surface area contributed by atoms with Crippen LogP contribution in [0.5, 0.6) is 0 Å². The van der Waals surface area contributed by atoms with Crippen LogP contribution in [0.4, 0.5) is 11.4 Å². The Morgan fingerprint density at radius 1 is 0.410 bits per heavy atom. The second-order valence-corrected chi connectivity index (χ2v) is 10.6. The third kappa shape index (κ3) is 2.65. The maximum absolute atomic E-state index is 6.06. The van der Waals surface area contributed by atoms with Crippen LogP contribution in [0.3, 0.4) is 0 Å². The van der Waals surface area contributed by atoms with Crippen molar-refractivity contribution in [1.82, 2.24) is 0 Å². The molecule has 39 heavy (non-hydrogen) atoms. The monoisotopic (exact) mass is 497 g/mol. The molecule has 2 aliphatic rings. The van der Waals surface area contributed by atoms with Gasteiger partial charge in [-0.25, -0.2) is 0 Å². The molecule has 0 fully saturated rings. The molecule has 7 aromatic rings. The summed E-state index contributed by atoms with van der Waals surface area (Å²) in [5.74, 6) is 0. The molecule has 0 radical (unpaired) electrons. The number of fused-ring (bicyclic) bond motifs is 13. The first-order valence-corrected chi connectivity index (χ1v) is 13.4. The van der Waals surface area contributed by atoms with E-state index in [4.69, 9.17) is 4.42 Å². The van der Waals surface area contributed by atoms with Crippen molar-refractivity contribution in [3.8, 4) is 22.3 Å². The van der Waals surface area contributed by atoms with Gasteiger partial charge < -0.3 is 9.73 Å². The Hall–Kier alpha value is -5.08. The fourth-order valence-electron chi connectivity index (χ4n) is 7.14. The molecule has 9 rings (SSSR count). The van der Waals surface area contributed by atoms with E-state index in [1.54, 1.807) is 0 Å². The van der Waals surface area contributed by atoms with Crippen molar-refractivity contribution in [3.05, 3.63) is 156 Å². The van der Waals surface area contributed by atoms with Crippen LogP contribution in [-0.4, -0.2) is 0 Å². The van der Waals surface area contributed by atoms with E-state index in [-0.39, 0.29) is 5.41 Å². The molecule has 2 aliphatic carbocycles. The molecule has 0 aliphatic heterocycles. The topological polar surface area (TPSA) is 25.2 Å². The molecule has 1 N–H and O–H groups in total. The lowest BCUT2D eigenvalue weighted by atomic mass is 9.70. The van der Waals surface area contributed by atoms with Gasteiger partial charge in [0.05, 0.1) is 5.41 Å². The molecule has 2 heteroatoms. The average Bonchev–Trinajstić information content (AvgIpc) is 3.61. The molecule has 1 spiro atoms. The first kappa shape index (κ1) is 20.9. The Morgan fingerprint density at radius 3 is 1.62 bits per heavy atom. The predicted molar refractivity (Wildman–Crippen MR) is 160 cm³/mol. The number of benzene rings is 6. The minimum absolute atomic E-state index is 0.332. The zero-order chi connectivity index (χ0) is 25.6. The summed E-state index contributed by atoms with van der Waals surface area (Å²) in [6, 6.07) is 48.2. The maximum Gasteiger partial charge on any atom is 0.135 e. The van der Waals surface area contributed by atoms with E-state index < -0.39 is 0 Å². The lowest BCUT2D eigenvalue weighted by molar-refractivity contribution is 0.669. The lowest BCUT2D eigenvalue weighted by Gasteiger charge is -2.30. The van der Waals surface area contributed by atoms with Crippen LogP contribution in [0, 0.1) is 0 Å². The average molecular weight is 498 g/mol. The van der Waals surface area contributed by atoms with Gasteiger partial charge in [-0.15, -0.1) is 0 Å². The third-order valence-electron chi connectivity index (χ3n) is 8.66. The second-order valence-electron chi connectivity index (χ2n) is 10.6. The highest BCUT2D eigenvalue weighted by molar-refractivity contribution is 6.06. The molecule has 0 saturated carbocycles. The predicted octanol–water partition coefficient (Wildman–Crippen LogP) is 9.67. The lowest BCUT2D eigenvalue weighted by Crippen LogP contribution is -2.25. The van der Waals surface area contributed by atoms with Crippen molar-refractivity contribution in [3.63, 3.8) is 0 Å². The number of hydrogen-bond acceptors (Lipinski definition) is 2. The van der Waals surface area contributed by atoms with Gasteiger partial charge in [0.2, 0.25) is 0 Å². The van der Waals surface area contributed by atoms with Crippen LogP contribution in [0.15, 0.2) is 138 Å². The number of para-hydroxylation sites is 1. The largest absolute Gasteiger partial charge is 0.456 e. The van der Waals surface area contributed by atoms with Gasteiger partial charge >= 0.3 is 0 Å². The molecule has 182 valence electrons. The van der Waals surface area contributed by atoms with E-state index in [1.807, 2.05) is 12.1 Å². The Bertz CT molecular complexity index is 2050. The van der Waals surface area contributed by atoms with Gasteiger partial charge in [0.15, 0.2) is 0 Å². The van der Waals surface area contributed by atoms with Gasteiger partial charge in [0.25, 0.3) is 0 Å². The van der Waals surface area contributed by atoms with Gasteiger partial charge in [-0.1, -0.05) is 97.1 Å². The van der Waals surface area contributed by atoms with Gasteiger partial charge in [0, 0.05) is 22.1 Å². The Morgan fingerprint density at radius 2 is 0.923 bits per heavy atom. The standard InChI is InChI=1S/C37H23NO/c1-5-13-31-25(9-1)26-10-2-6-14-32(26)37(31)33-15-7-3-11-27(33)28-19-17-24(22-34(28)37)38-23-18-20-36-30(21-23)29-12-4-8-16-35(29)39-36/h1-22,38H. The molecule has 0 amide bonds. The van der Waals surface area contributed by atoms with Crippen molar-refractivity contribution >= 4 is 33.3 Å². The van der Waals surface area contributed by atoms with E-state index in [2.05, 4.69) is 127 Å². The molecular weight excluding hydrogens is 474 g/mol. The summed E-state index contributed by atoms with van der Waals surface area (Å²) in [6.07, 6.45) is 0. The highest BCUT2D eigenvalue weighted by Gasteiger charge is 2.51. The maximum atomic E-state index is 6.06. The van der Waals surface area contributed by atoms with E-state index >= 15 is 0 Å². The molecule has 0 saturated heterocycles. The molecule has 0 atom stereocenters. The number of hydrogen-bond donors (Lipinski definition) is 1. The Labute approximate surface area is 226 Å². The quantitative estimate of drug-likeness (QED) is 0.257. The van der Waals surface area contributed by atoms with Crippen molar-refractivity contribution in [2.24, 2.45) is 0 Å². The molecule has 2 nitrogen and oxygen atoms in total. The highest BCUT2D eigenvalue weighted by atomic mass is 16.3. The zero-order valence-electron chi connectivity index (χ0n) is 21.1. The van der Waals surface area contributed by atoms with Crippen molar-refractivity contribution < 1.29 is 4.42 Å². The summed E-state index contributed by atoms with van der Waals surface area (Å²) >= 11 is 0. The van der Waals surface area contributed by atoms with Crippen LogP contribution in [0.25, 0.3) is 44.2 Å². The Balaban J connectivity index is 1.26. The minimum Gasteiger partial charge on any atom is -0.456 e. The van der Waals surface area contributed by atoms with Gasteiger partial charge in [0.1, 0.15) is 11.2 Å². The van der Waals surface area contributed by atoms with Crippen LogP contribution < -0.4 is 5.32 Å².